The van der Waals surface area contributed by atoms with Crippen LogP contribution in [0.5, 0.6) is 0 Å². The number of hydrogen-bond donors (Lipinski definition) is 2. The molecule has 1 heterocycles. The molecule has 1 saturated heterocycles. The minimum Gasteiger partial charge on any atom is -0.481 e. The molecule has 2 rings (SSSR count). The number of likely N-dealkylation sites (N-methyl/N-ethyl adjacent to an activating group) is 1. The summed E-state index contributed by atoms with van der Waals surface area (Å²) in [4.78, 5) is 49.9. The summed E-state index contributed by atoms with van der Waals surface area (Å²) >= 11 is 0. The van der Waals surface area contributed by atoms with Gasteiger partial charge in [0.25, 0.3) is 5.91 Å². The Morgan fingerprint density at radius 3 is 2.48 bits per heavy atom. The monoisotopic (exact) mass is 325 g/mol. The molecule has 2 aliphatic rings. The number of hydrogen-bond acceptors (Lipinski definition) is 4. The molecular formula is C15H23N3O5. The second-order valence-electron chi connectivity index (χ2n) is 6.48. The average Bonchev–Trinajstić information content (AvgIpc) is 2.72. The number of carbonyl (C=O) groups excluding carboxylic acids is 3. The van der Waals surface area contributed by atoms with Gasteiger partial charge in [-0.3, -0.25) is 19.3 Å². The molecule has 1 spiro atoms. The Bertz CT molecular complexity index is 527. The van der Waals surface area contributed by atoms with E-state index < -0.39 is 29.4 Å². The van der Waals surface area contributed by atoms with E-state index in [0.717, 1.165) is 24.2 Å². The number of rotatable bonds is 5. The van der Waals surface area contributed by atoms with Gasteiger partial charge >= 0.3 is 12.0 Å². The van der Waals surface area contributed by atoms with Gasteiger partial charge in [0.15, 0.2) is 0 Å². The van der Waals surface area contributed by atoms with Crippen LogP contribution in [0.25, 0.3) is 0 Å². The van der Waals surface area contributed by atoms with Gasteiger partial charge in [-0.25, -0.2) is 4.79 Å². The standard InChI is InChI=1S/C15H23N3O5/c1-10(12(20)21)8-17(2)11(19)9-18-13(22)15(16-14(18)23)6-4-3-5-7-15/h10H,3-9H2,1-2H3,(H,16,23)(H,20,21). The number of amides is 4. The van der Waals surface area contributed by atoms with Crippen molar-refractivity contribution < 1.29 is 24.3 Å². The zero-order valence-electron chi connectivity index (χ0n) is 13.5. The van der Waals surface area contributed by atoms with E-state index in [4.69, 9.17) is 5.11 Å². The molecule has 1 atom stereocenters. The van der Waals surface area contributed by atoms with Crippen molar-refractivity contribution in [1.29, 1.82) is 0 Å². The maximum Gasteiger partial charge on any atom is 0.325 e. The van der Waals surface area contributed by atoms with Crippen molar-refractivity contribution in [3.63, 3.8) is 0 Å². The van der Waals surface area contributed by atoms with E-state index in [1.807, 2.05) is 0 Å². The van der Waals surface area contributed by atoms with Gasteiger partial charge in [-0.1, -0.05) is 26.2 Å². The summed E-state index contributed by atoms with van der Waals surface area (Å²) in [7, 11) is 1.47. The first-order valence-corrected chi connectivity index (χ1v) is 7.88. The first kappa shape index (κ1) is 17.2. The van der Waals surface area contributed by atoms with Gasteiger partial charge in [-0.05, 0) is 12.8 Å². The highest BCUT2D eigenvalue weighted by molar-refractivity contribution is 6.09. The predicted octanol–water partition coefficient (Wildman–Crippen LogP) is 0.420. The molecule has 2 fully saturated rings. The van der Waals surface area contributed by atoms with Crippen LogP contribution >= 0.6 is 0 Å². The molecule has 1 aliphatic heterocycles. The van der Waals surface area contributed by atoms with Crippen molar-refractivity contribution in [2.75, 3.05) is 20.1 Å². The number of nitrogens with one attached hydrogen (secondary N) is 1. The lowest BCUT2D eigenvalue weighted by Crippen LogP contribution is -2.49. The first-order chi connectivity index (χ1) is 10.8. The number of nitrogens with zero attached hydrogens (tertiary/aromatic N) is 2. The van der Waals surface area contributed by atoms with E-state index in [1.165, 1.54) is 18.9 Å². The Morgan fingerprint density at radius 1 is 1.30 bits per heavy atom. The summed E-state index contributed by atoms with van der Waals surface area (Å²) in [6.45, 7) is 1.18. The number of aliphatic carboxylic acids is 1. The van der Waals surface area contributed by atoms with Crippen LogP contribution in [0, 0.1) is 5.92 Å². The van der Waals surface area contributed by atoms with Crippen molar-refractivity contribution in [3.8, 4) is 0 Å². The molecule has 8 nitrogen and oxygen atoms in total. The fraction of sp³-hybridized carbons (Fsp3) is 0.733. The van der Waals surface area contributed by atoms with E-state index >= 15 is 0 Å². The van der Waals surface area contributed by atoms with Crippen LogP contribution in [0.3, 0.4) is 0 Å². The molecule has 0 aromatic carbocycles. The zero-order chi connectivity index (χ0) is 17.2. The minimum atomic E-state index is -0.999. The Kier molecular flexibility index (Phi) is 4.91. The molecule has 8 heteroatoms. The van der Waals surface area contributed by atoms with Crippen LogP contribution in [0.15, 0.2) is 0 Å². The van der Waals surface area contributed by atoms with Crippen LogP contribution in [0.2, 0.25) is 0 Å². The average molecular weight is 325 g/mol. The smallest absolute Gasteiger partial charge is 0.325 e. The highest BCUT2D eigenvalue weighted by Crippen LogP contribution is 2.33. The normalized spacial score (nSPS) is 21.2. The van der Waals surface area contributed by atoms with Gasteiger partial charge in [0.05, 0.1) is 5.92 Å². The predicted molar refractivity (Wildman–Crippen MR) is 80.5 cm³/mol. The first-order valence-electron chi connectivity index (χ1n) is 7.88. The van der Waals surface area contributed by atoms with E-state index in [-0.39, 0.29) is 19.0 Å². The molecule has 128 valence electrons. The van der Waals surface area contributed by atoms with Crippen molar-refractivity contribution in [3.05, 3.63) is 0 Å². The lowest BCUT2D eigenvalue weighted by molar-refractivity contribution is -0.144. The fourth-order valence-corrected chi connectivity index (χ4v) is 3.16. The van der Waals surface area contributed by atoms with Gasteiger partial charge < -0.3 is 15.3 Å². The Morgan fingerprint density at radius 2 is 1.91 bits per heavy atom. The number of carboxylic acids is 1. The van der Waals surface area contributed by atoms with Crippen molar-refractivity contribution >= 4 is 23.8 Å². The van der Waals surface area contributed by atoms with Crippen molar-refractivity contribution in [2.45, 2.75) is 44.6 Å². The summed E-state index contributed by atoms with van der Waals surface area (Å²) < 4.78 is 0. The highest BCUT2D eigenvalue weighted by atomic mass is 16.4. The molecule has 0 bridgehead atoms. The zero-order valence-corrected chi connectivity index (χ0v) is 13.5. The highest BCUT2D eigenvalue weighted by Gasteiger charge is 2.51. The number of imide groups is 1. The third kappa shape index (κ3) is 3.46. The molecule has 0 radical (unpaired) electrons. The minimum absolute atomic E-state index is 0.0307. The van der Waals surface area contributed by atoms with Gasteiger partial charge in [-0.2, -0.15) is 0 Å². The van der Waals surface area contributed by atoms with E-state index in [2.05, 4.69) is 5.32 Å². The molecular weight excluding hydrogens is 302 g/mol. The Balaban J connectivity index is 1.99. The van der Waals surface area contributed by atoms with Crippen LogP contribution < -0.4 is 5.32 Å². The molecule has 4 amide bonds. The summed E-state index contributed by atoms with van der Waals surface area (Å²) in [5.74, 6) is -2.50. The van der Waals surface area contributed by atoms with Crippen LogP contribution in [0.1, 0.15) is 39.0 Å². The van der Waals surface area contributed by atoms with Crippen LogP contribution in [-0.4, -0.2) is 64.4 Å². The summed E-state index contributed by atoms with van der Waals surface area (Å²) in [5.41, 5.74) is -0.845. The molecule has 0 aromatic heterocycles. The maximum atomic E-state index is 12.6. The Labute approximate surface area is 134 Å². The number of carboxylic acid groups (broad SMARTS) is 1. The topological polar surface area (TPSA) is 107 Å². The molecule has 1 aliphatic carbocycles. The second kappa shape index (κ2) is 6.55. The van der Waals surface area contributed by atoms with Gasteiger partial charge in [0.2, 0.25) is 5.91 Å². The molecule has 1 unspecified atom stereocenters. The lowest BCUT2D eigenvalue weighted by Gasteiger charge is -2.30. The quantitative estimate of drug-likeness (QED) is 0.712. The fourth-order valence-electron chi connectivity index (χ4n) is 3.16. The molecule has 23 heavy (non-hydrogen) atoms. The van der Waals surface area contributed by atoms with E-state index in [1.54, 1.807) is 0 Å². The Hall–Kier alpha value is -2.12. The van der Waals surface area contributed by atoms with Crippen molar-refractivity contribution in [2.24, 2.45) is 5.92 Å². The largest absolute Gasteiger partial charge is 0.481 e. The molecule has 2 N–H and O–H groups in total. The van der Waals surface area contributed by atoms with E-state index in [9.17, 15) is 19.2 Å². The maximum absolute atomic E-state index is 12.6. The van der Waals surface area contributed by atoms with Crippen LogP contribution in [0.4, 0.5) is 4.79 Å². The lowest BCUT2D eigenvalue weighted by atomic mass is 9.82. The number of urea groups is 1. The second-order valence-corrected chi connectivity index (χ2v) is 6.48. The number of carbonyl (C=O) groups is 4. The van der Waals surface area contributed by atoms with Crippen molar-refractivity contribution in [1.82, 2.24) is 15.1 Å². The van der Waals surface area contributed by atoms with Gasteiger partial charge in [-0.15, -0.1) is 0 Å². The third-order valence-electron chi connectivity index (χ3n) is 4.64. The summed E-state index contributed by atoms with van der Waals surface area (Å²) in [5, 5.41) is 11.6. The van der Waals surface area contributed by atoms with Crippen LogP contribution in [-0.2, 0) is 14.4 Å². The third-order valence-corrected chi connectivity index (χ3v) is 4.64. The van der Waals surface area contributed by atoms with E-state index in [0.29, 0.717) is 12.8 Å². The summed E-state index contributed by atoms with van der Waals surface area (Å²) in [6.07, 6.45) is 4.01. The van der Waals surface area contributed by atoms with Gasteiger partial charge in [0, 0.05) is 13.6 Å². The molecule has 1 saturated carbocycles. The SMILES string of the molecule is CC(CN(C)C(=O)CN1C(=O)NC2(CCCCC2)C1=O)C(=O)O. The molecule has 0 aromatic rings. The van der Waals surface area contributed by atoms with Gasteiger partial charge in [0.1, 0.15) is 12.1 Å². The summed E-state index contributed by atoms with van der Waals surface area (Å²) in [6, 6.07) is -0.537.